The highest BCUT2D eigenvalue weighted by Gasteiger charge is 2.37. The number of nitrogens with two attached hydrogens (primary N) is 1. The molecule has 1 aromatic carbocycles. The Morgan fingerprint density at radius 1 is 1.18 bits per heavy atom. The number of ether oxygens (including phenoxy) is 1. The maximum atomic E-state index is 12.2. The van der Waals surface area contributed by atoms with Gasteiger partial charge in [0.15, 0.2) is 0 Å². The minimum Gasteiger partial charge on any atom is -0.435 e. The van der Waals surface area contributed by atoms with Crippen LogP contribution in [0.1, 0.15) is 5.56 Å². The average Bonchev–Trinajstić information content (AvgIpc) is 2.18. The molecule has 0 amide bonds. The smallest absolute Gasteiger partial charge is 0.403 e. The molecular formula is C10H10F5NO. The highest BCUT2D eigenvalue weighted by atomic mass is 19.4. The van der Waals surface area contributed by atoms with E-state index in [0.717, 1.165) is 0 Å². The largest absolute Gasteiger partial charge is 0.435 e. The third kappa shape index (κ3) is 4.18. The number of hydrogen-bond donors (Lipinski definition) is 1. The van der Waals surface area contributed by atoms with Crippen LogP contribution >= 0.6 is 0 Å². The van der Waals surface area contributed by atoms with E-state index in [1.165, 1.54) is 24.3 Å². The van der Waals surface area contributed by atoms with Crippen molar-refractivity contribution in [3.63, 3.8) is 0 Å². The van der Waals surface area contributed by atoms with Crippen molar-refractivity contribution in [2.45, 2.75) is 25.3 Å². The summed E-state index contributed by atoms with van der Waals surface area (Å²) in [6.45, 7) is -3.08. The van der Waals surface area contributed by atoms with Crippen molar-refractivity contribution in [3.05, 3.63) is 29.8 Å². The van der Waals surface area contributed by atoms with Crippen LogP contribution in [0.4, 0.5) is 22.0 Å². The third-order valence-corrected chi connectivity index (χ3v) is 2.05. The standard InChI is InChI=1S/C10H10F5NO/c11-9(12)17-7-4-2-1-3-6(7)5-8(16)10(13,14)15/h1-4,8-9H,5,16H2. The van der Waals surface area contributed by atoms with E-state index in [4.69, 9.17) is 5.73 Å². The SMILES string of the molecule is NC(Cc1ccccc1OC(F)F)C(F)(F)F. The number of halogens is 5. The topological polar surface area (TPSA) is 35.2 Å². The molecule has 0 fully saturated rings. The first-order chi connectivity index (χ1) is 7.80. The van der Waals surface area contributed by atoms with Gasteiger partial charge in [0, 0.05) is 0 Å². The molecule has 0 aliphatic carbocycles. The Hall–Kier alpha value is -1.37. The molecule has 96 valence electrons. The van der Waals surface area contributed by atoms with E-state index in [0.29, 0.717) is 0 Å². The van der Waals surface area contributed by atoms with Gasteiger partial charge in [-0.05, 0) is 18.1 Å². The van der Waals surface area contributed by atoms with Crippen molar-refractivity contribution < 1.29 is 26.7 Å². The minimum absolute atomic E-state index is 0.00220. The highest BCUT2D eigenvalue weighted by Crippen LogP contribution is 2.26. The van der Waals surface area contributed by atoms with E-state index in [1.54, 1.807) is 0 Å². The van der Waals surface area contributed by atoms with Gasteiger partial charge in [-0.2, -0.15) is 22.0 Å². The first-order valence-corrected chi connectivity index (χ1v) is 4.65. The van der Waals surface area contributed by atoms with E-state index < -0.39 is 25.3 Å². The summed E-state index contributed by atoms with van der Waals surface area (Å²) in [6, 6.07) is 3.15. The summed E-state index contributed by atoms with van der Waals surface area (Å²) in [6.07, 6.45) is -5.18. The first kappa shape index (κ1) is 13.7. The van der Waals surface area contributed by atoms with Crippen LogP contribution in [-0.4, -0.2) is 18.8 Å². The summed E-state index contributed by atoms with van der Waals surface area (Å²) in [5.74, 6) is -0.290. The Morgan fingerprint density at radius 2 is 1.76 bits per heavy atom. The number of benzene rings is 1. The second-order valence-corrected chi connectivity index (χ2v) is 3.34. The van der Waals surface area contributed by atoms with Crippen LogP contribution in [0.2, 0.25) is 0 Å². The number of hydrogen-bond acceptors (Lipinski definition) is 2. The molecule has 2 nitrogen and oxygen atoms in total. The Morgan fingerprint density at radius 3 is 2.29 bits per heavy atom. The van der Waals surface area contributed by atoms with Gasteiger partial charge in [0.05, 0.1) is 0 Å². The number of para-hydroxylation sites is 1. The minimum atomic E-state index is -4.57. The first-order valence-electron chi connectivity index (χ1n) is 4.65. The van der Waals surface area contributed by atoms with Crippen LogP contribution in [0.3, 0.4) is 0 Å². The van der Waals surface area contributed by atoms with Crippen molar-refractivity contribution in [3.8, 4) is 5.75 Å². The van der Waals surface area contributed by atoms with Gasteiger partial charge in [0.1, 0.15) is 11.8 Å². The molecular weight excluding hydrogens is 245 g/mol. The molecule has 7 heteroatoms. The lowest BCUT2D eigenvalue weighted by Crippen LogP contribution is -2.39. The van der Waals surface area contributed by atoms with Crippen molar-refractivity contribution in [2.75, 3.05) is 0 Å². The summed E-state index contributed by atoms with van der Waals surface area (Å²) < 4.78 is 64.7. The molecule has 0 heterocycles. The van der Waals surface area contributed by atoms with Crippen LogP contribution in [-0.2, 0) is 6.42 Å². The van der Waals surface area contributed by atoms with Crippen molar-refractivity contribution in [1.29, 1.82) is 0 Å². The molecule has 1 unspecified atom stereocenters. The Bertz CT molecular complexity index is 366. The van der Waals surface area contributed by atoms with Gasteiger partial charge in [-0.1, -0.05) is 18.2 Å². The molecule has 0 aliphatic rings. The van der Waals surface area contributed by atoms with Crippen LogP contribution in [0.15, 0.2) is 24.3 Å². The predicted molar refractivity (Wildman–Crippen MR) is 50.8 cm³/mol. The van der Waals surface area contributed by atoms with Crippen LogP contribution in [0.5, 0.6) is 5.75 Å². The van der Waals surface area contributed by atoms with Gasteiger partial charge >= 0.3 is 12.8 Å². The fraction of sp³-hybridized carbons (Fsp3) is 0.400. The van der Waals surface area contributed by atoms with E-state index in [9.17, 15) is 22.0 Å². The van der Waals surface area contributed by atoms with Crippen LogP contribution < -0.4 is 10.5 Å². The average molecular weight is 255 g/mol. The quantitative estimate of drug-likeness (QED) is 0.839. The lowest BCUT2D eigenvalue weighted by atomic mass is 10.1. The summed E-state index contributed by atoms with van der Waals surface area (Å²) >= 11 is 0. The molecule has 17 heavy (non-hydrogen) atoms. The van der Waals surface area contributed by atoms with Crippen LogP contribution in [0.25, 0.3) is 0 Å². The maximum Gasteiger partial charge on any atom is 0.403 e. The fourth-order valence-corrected chi connectivity index (χ4v) is 1.24. The monoisotopic (exact) mass is 255 g/mol. The summed E-state index contributed by atoms with van der Waals surface area (Å²) in [5.41, 5.74) is 4.91. The predicted octanol–water partition coefficient (Wildman–Crippen LogP) is 2.72. The Kier molecular flexibility index (Phi) is 4.28. The Balaban J connectivity index is 2.83. The fourth-order valence-electron chi connectivity index (χ4n) is 1.24. The molecule has 1 atom stereocenters. The molecule has 0 spiro atoms. The zero-order chi connectivity index (χ0) is 13.1. The number of rotatable bonds is 4. The van der Waals surface area contributed by atoms with E-state index >= 15 is 0 Å². The van der Waals surface area contributed by atoms with Gasteiger partial charge < -0.3 is 10.5 Å². The normalized spacial score (nSPS) is 13.8. The second kappa shape index (κ2) is 5.31. The van der Waals surface area contributed by atoms with E-state index in [2.05, 4.69) is 4.74 Å². The van der Waals surface area contributed by atoms with E-state index in [1.807, 2.05) is 0 Å². The van der Waals surface area contributed by atoms with Crippen LogP contribution in [0, 0.1) is 0 Å². The molecule has 0 aromatic heterocycles. The molecule has 0 saturated carbocycles. The van der Waals surface area contributed by atoms with Gasteiger partial charge in [-0.25, -0.2) is 0 Å². The van der Waals surface area contributed by atoms with Gasteiger partial charge in [-0.15, -0.1) is 0 Å². The highest BCUT2D eigenvalue weighted by molar-refractivity contribution is 5.34. The van der Waals surface area contributed by atoms with Crippen molar-refractivity contribution >= 4 is 0 Å². The molecule has 0 radical (unpaired) electrons. The molecule has 2 N–H and O–H groups in total. The van der Waals surface area contributed by atoms with Gasteiger partial charge in [0.2, 0.25) is 0 Å². The molecule has 0 bridgehead atoms. The number of alkyl halides is 5. The zero-order valence-corrected chi connectivity index (χ0v) is 8.55. The van der Waals surface area contributed by atoms with Crippen molar-refractivity contribution in [2.24, 2.45) is 5.73 Å². The maximum absolute atomic E-state index is 12.2. The van der Waals surface area contributed by atoms with Crippen molar-refractivity contribution in [1.82, 2.24) is 0 Å². The lowest BCUT2D eigenvalue weighted by Gasteiger charge is -2.17. The third-order valence-electron chi connectivity index (χ3n) is 2.05. The van der Waals surface area contributed by atoms with Gasteiger partial charge in [-0.3, -0.25) is 0 Å². The van der Waals surface area contributed by atoms with E-state index in [-0.39, 0.29) is 11.3 Å². The molecule has 0 aliphatic heterocycles. The summed E-state index contributed by atoms with van der Waals surface area (Å²) in [7, 11) is 0. The summed E-state index contributed by atoms with van der Waals surface area (Å²) in [4.78, 5) is 0. The molecule has 1 rings (SSSR count). The summed E-state index contributed by atoms with van der Waals surface area (Å²) in [5, 5.41) is 0. The van der Waals surface area contributed by atoms with Gasteiger partial charge in [0.25, 0.3) is 0 Å². The zero-order valence-electron chi connectivity index (χ0n) is 8.55. The lowest BCUT2D eigenvalue weighted by molar-refractivity contribution is -0.147. The molecule has 1 aromatic rings. The Labute approximate surface area is 94.2 Å². The molecule has 0 saturated heterocycles. The second-order valence-electron chi connectivity index (χ2n) is 3.34.